The van der Waals surface area contributed by atoms with E-state index in [1.807, 2.05) is 12.1 Å². The van der Waals surface area contributed by atoms with Gasteiger partial charge in [-0.1, -0.05) is 25.1 Å². The van der Waals surface area contributed by atoms with Gasteiger partial charge in [0.05, 0.1) is 6.10 Å². The second-order valence-electron chi connectivity index (χ2n) is 6.89. The van der Waals surface area contributed by atoms with Gasteiger partial charge in [-0.15, -0.1) is 0 Å². The SMILES string of the molecule is CCc1ccc2cc(O)ccc2c1C(C)OCCC1CCNCC1. The maximum atomic E-state index is 9.74. The molecule has 3 heteroatoms. The van der Waals surface area contributed by atoms with Crippen molar-refractivity contribution in [1.82, 2.24) is 5.32 Å². The molecule has 1 atom stereocenters. The lowest BCUT2D eigenvalue weighted by atomic mass is 9.93. The molecule has 1 aliphatic rings. The average molecular weight is 327 g/mol. The van der Waals surface area contributed by atoms with Gasteiger partial charge in [0.2, 0.25) is 0 Å². The Morgan fingerprint density at radius 3 is 2.75 bits per heavy atom. The molecule has 2 aromatic rings. The highest BCUT2D eigenvalue weighted by atomic mass is 16.5. The molecule has 1 heterocycles. The van der Waals surface area contributed by atoms with Crippen molar-refractivity contribution >= 4 is 10.8 Å². The van der Waals surface area contributed by atoms with E-state index in [4.69, 9.17) is 4.74 Å². The molecule has 0 aromatic heterocycles. The zero-order chi connectivity index (χ0) is 16.9. The summed E-state index contributed by atoms with van der Waals surface area (Å²) in [6.07, 6.45) is 4.76. The summed E-state index contributed by atoms with van der Waals surface area (Å²) < 4.78 is 6.23. The molecule has 0 bridgehead atoms. The lowest BCUT2D eigenvalue weighted by Crippen LogP contribution is -2.28. The number of benzene rings is 2. The third-order valence-electron chi connectivity index (χ3n) is 5.28. The van der Waals surface area contributed by atoms with Gasteiger partial charge in [-0.2, -0.15) is 0 Å². The minimum atomic E-state index is 0.0786. The number of fused-ring (bicyclic) bond motifs is 1. The molecule has 0 aliphatic carbocycles. The molecule has 0 amide bonds. The summed E-state index contributed by atoms with van der Waals surface area (Å²) in [7, 11) is 0. The van der Waals surface area contributed by atoms with Crippen LogP contribution in [0, 0.1) is 5.92 Å². The number of hydrogen-bond donors (Lipinski definition) is 2. The predicted molar refractivity (Wildman–Crippen MR) is 99.6 cm³/mol. The Labute approximate surface area is 145 Å². The number of phenolic OH excluding ortho intramolecular Hbond substituents is 1. The Kier molecular flexibility index (Phi) is 5.75. The van der Waals surface area contributed by atoms with Crippen LogP contribution in [0.4, 0.5) is 0 Å². The summed E-state index contributed by atoms with van der Waals surface area (Å²) in [6.45, 7) is 7.46. The predicted octanol–water partition coefficient (Wildman–Crippen LogP) is 4.58. The van der Waals surface area contributed by atoms with Crippen LogP contribution in [-0.2, 0) is 11.2 Å². The zero-order valence-electron chi connectivity index (χ0n) is 14.8. The summed E-state index contributed by atoms with van der Waals surface area (Å²) in [5.74, 6) is 1.12. The number of hydrogen-bond acceptors (Lipinski definition) is 3. The van der Waals surface area contributed by atoms with Crippen molar-refractivity contribution in [2.24, 2.45) is 5.92 Å². The van der Waals surface area contributed by atoms with Crippen LogP contribution in [-0.4, -0.2) is 24.8 Å². The van der Waals surface area contributed by atoms with Crippen LogP contribution in [0.2, 0.25) is 0 Å². The first-order chi connectivity index (χ1) is 11.7. The number of aromatic hydroxyl groups is 1. The van der Waals surface area contributed by atoms with Crippen molar-refractivity contribution in [1.29, 1.82) is 0 Å². The first-order valence-electron chi connectivity index (χ1n) is 9.26. The minimum Gasteiger partial charge on any atom is -0.508 e. The van der Waals surface area contributed by atoms with Crippen molar-refractivity contribution in [2.75, 3.05) is 19.7 Å². The fourth-order valence-corrected chi connectivity index (χ4v) is 3.84. The van der Waals surface area contributed by atoms with E-state index in [1.165, 1.54) is 29.4 Å². The van der Waals surface area contributed by atoms with Crippen LogP contribution < -0.4 is 5.32 Å². The van der Waals surface area contributed by atoms with Crippen LogP contribution >= 0.6 is 0 Å². The van der Waals surface area contributed by atoms with Crippen LogP contribution in [0.1, 0.15) is 50.3 Å². The van der Waals surface area contributed by atoms with Crippen molar-refractivity contribution < 1.29 is 9.84 Å². The van der Waals surface area contributed by atoms with Gasteiger partial charge >= 0.3 is 0 Å². The van der Waals surface area contributed by atoms with E-state index in [0.717, 1.165) is 43.8 Å². The van der Waals surface area contributed by atoms with Crippen molar-refractivity contribution in [3.8, 4) is 5.75 Å². The maximum absolute atomic E-state index is 9.74. The minimum absolute atomic E-state index is 0.0786. The second-order valence-corrected chi connectivity index (χ2v) is 6.89. The lowest BCUT2D eigenvalue weighted by Gasteiger charge is -2.24. The Morgan fingerprint density at radius 2 is 2.00 bits per heavy atom. The molecule has 0 spiro atoms. The van der Waals surface area contributed by atoms with E-state index in [-0.39, 0.29) is 6.10 Å². The highest BCUT2D eigenvalue weighted by Gasteiger charge is 2.17. The number of nitrogens with one attached hydrogen (secondary N) is 1. The average Bonchev–Trinajstić information content (AvgIpc) is 2.61. The molecule has 2 aromatic carbocycles. The Bertz CT molecular complexity index is 677. The molecular formula is C21H29NO2. The van der Waals surface area contributed by atoms with Gasteiger partial charge in [-0.25, -0.2) is 0 Å². The third-order valence-corrected chi connectivity index (χ3v) is 5.28. The van der Waals surface area contributed by atoms with Crippen LogP contribution in [0.3, 0.4) is 0 Å². The van der Waals surface area contributed by atoms with Crippen LogP contribution in [0.15, 0.2) is 30.3 Å². The van der Waals surface area contributed by atoms with E-state index in [2.05, 4.69) is 31.3 Å². The molecule has 130 valence electrons. The van der Waals surface area contributed by atoms with E-state index < -0.39 is 0 Å². The van der Waals surface area contributed by atoms with Crippen molar-refractivity contribution in [2.45, 2.75) is 45.6 Å². The molecule has 1 aliphatic heterocycles. The number of piperidine rings is 1. The van der Waals surface area contributed by atoms with Gasteiger partial charge in [0.15, 0.2) is 0 Å². The molecule has 0 radical (unpaired) electrons. The molecule has 1 fully saturated rings. The van der Waals surface area contributed by atoms with Gasteiger partial charge in [-0.05, 0) is 85.6 Å². The van der Waals surface area contributed by atoms with Gasteiger partial charge in [0.1, 0.15) is 5.75 Å². The summed E-state index contributed by atoms with van der Waals surface area (Å²) in [4.78, 5) is 0. The number of phenols is 1. The standard InChI is InChI=1S/C21H29NO2/c1-3-17-4-5-18-14-19(23)6-7-20(18)21(17)15(2)24-13-10-16-8-11-22-12-9-16/h4-7,14-16,22-23H,3,8-13H2,1-2H3. The summed E-state index contributed by atoms with van der Waals surface area (Å²) >= 11 is 0. The molecule has 2 N–H and O–H groups in total. The molecule has 1 saturated heterocycles. The summed E-state index contributed by atoms with van der Waals surface area (Å²) in [6, 6.07) is 9.89. The Hall–Kier alpha value is -1.58. The third kappa shape index (κ3) is 3.90. The summed E-state index contributed by atoms with van der Waals surface area (Å²) in [5.41, 5.74) is 2.61. The van der Waals surface area contributed by atoms with Crippen LogP contribution in [0.25, 0.3) is 10.8 Å². The number of rotatable bonds is 6. The monoisotopic (exact) mass is 327 g/mol. The molecule has 1 unspecified atom stereocenters. The lowest BCUT2D eigenvalue weighted by molar-refractivity contribution is 0.0537. The highest BCUT2D eigenvalue weighted by molar-refractivity contribution is 5.88. The summed E-state index contributed by atoms with van der Waals surface area (Å²) in [5, 5.41) is 15.4. The number of aryl methyl sites for hydroxylation is 1. The fourth-order valence-electron chi connectivity index (χ4n) is 3.84. The van der Waals surface area contributed by atoms with E-state index in [9.17, 15) is 5.11 Å². The zero-order valence-corrected chi connectivity index (χ0v) is 14.8. The largest absolute Gasteiger partial charge is 0.508 e. The second kappa shape index (κ2) is 8.00. The highest BCUT2D eigenvalue weighted by Crippen LogP contribution is 2.32. The Morgan fingerprint density at radius 1 is 1.21 bits per heavy atom. The molecule has 3 rings (SSSR count). The fraction of sp³-hybridized carbons (Fsp3) is 0.524. The van der Waals surface area contributed by atoms with E-state index in [0.29, 0.717) is 5.75 Å². The van der Waals surface area contributed by atoms with Gasteiger partial charge in [0.25, 0.3) is 0 Å². The maximum Gasteiger partial charge on any atom is 0.116 e. The van der Waals surface area contributed by atoms with Crippen LogP contribution in [0.5, 0.6) is 5.75 Å². The van der Waals surface area contributed by atoms with Gasteiger partial charge in [-0.3, -0.25) is 0 Å². The van der Waals surface area contributed by atoms with E-state index in [1.54, 1.807) is 6.07 Å². The Balaban J connectivity index is 1.74. The quantitative estimate of drug-likeness (QED) is 0.816. The first kappa shape index (κ1) is 17.2. The van der Waals surface area contributed by atoms with Crippen molar-refractivity contribution in [3.05, 3.63) is 41.5 Å². The van der Waals surface area contributed by atoms with Gasteiger partial charge < -0.3 is 15.2 Å². The van der Waals surface area contributed by atoms with E-state index >= 15 is 0 Å². The molecular weight excluding hydrogens is 298 g/mol. The normalized spacial score (nSPS) is 17.2. The smallest absolute Gasteiger partial charge is 0.116 e. The molecule has 3 nitrogen and oxygen atoms in total. The number of ether oxygens (including phenoxy) is 1. The molecule has 0 saturated carbocycles. The first-order valence-corrected chi connectivity index (χ1v) is 9.26. The van der Waals surface area contributed by atoms with Gasteiger partial charge in [0, 0.05) is 6.61 Å². The topological polar surface area (TPSA) is 41.5 Å². The molecule has 24 heavy (non-hydrogen) atoms. The van der Waals surface area contributed by atoms with Crippen molar-refractivity contribution in [3.63, 3.8) is 0 Å².